The Balaban J connectivity index is 0.000000469. The maximum absolute atomic E-state index is 9.10. The Morgan fingerprint density at radius 2 is 1.57 bits per heavy atom. The van der Waals surface area contributed by atoms with E-state index in [0.717, 1.165) is 49.2 Å². The first-order valence-electron chi connectivity index (χ1n) is 9.35. The number of rotatable bonds is 6. The summed E-state index contributed by atoms with van der Waals surface area (Å²) in [6, 6.07) is 15.7. The van der Waals surface area contributed by atoms with Crippen molar-refractivity contribution >= 4 is 29.2 Å². The lowest BCUT2D eigenvalue weighted by atomic mass is 10.2. The Morgan fingerprint density at radius 1 is 0.967 bits per heavy atom. The molecule has 8 nitrogen and oxygen atoms in total. The molecule has 2 aromatic carbocycles. The van der Waals surface area contributed by atoms with Gasteiger partial charge in [-0.25, -0.2) is 9.59 Å². The van der Waals surface area contributed by atoms with Gasteiger partial charge in [-0.15, -0.1) is 0 Å². The van der Waals surface area contributed by atoms with E-state index < -0.39 is 11.9 Å². The molecule has 0 aromatic heterocycles. The first-order valence-corrected chi connectivity index (χ1v) is 9.73. The number of carboxylic acids is 2. The number of halogens is 1. The second-order valence-electron chi connectivity index (χ2n) is 6.41. The number of carboxylic acid groups (broad SMARTS) is 2. The summed E-state index contributed by atoms with van der Waals surface area (Å²) in [5.41, 5.74) is 1.18. The largest absolute Gasteiger partial charge is 0.495 e. The van der Waals surface area contributed by atoms with Crippen LogP contribution in [0.1, 0.15) is 0 Å². The number of ether oxygens (including phenoxy) is 2. The monoisotopic (exact) mass is 436 g/mol. The summed E-state index contributed by atoms with van der Waals surface area (Å²) in [5, 5.41) is 15.5. The third-order valence-corrected chi connectivity index (χ3v) is 4.72. The van der Waals surface area contributed by atoms with Crippen LogP contribution in [0.15, 0.2) is 48.5 Å². The molecule has 2 aromatic rings. The highest BCUT2D eigenvalue weighted by Crippen LogP contribution is 2.28. The van der Waals surface area contributed by atoms with Gasteiger partial charge in [-0.1, -0.05) is 23.7 Å². The van der Waals surface area contributed by atoms with E-state index in [1.54, 1.807) is 7.11 Å². The minimum atomic E-state index is -1.82. The van der Waals surface area contributed by atoms with Crippen LogP contribution in [0.4, 0.5) is 5.69 Å². The fourth-order valence-electron chi connectivity index (χ4n) is 2.93. The molecule has 0 unspecified atom stereocenters. The van der Waals surface area contributed by atoms with Crippen LogP contribution in [0.5, 0.6) is 11.5 Å². The Bertz CT molecular complexity index is 811. The second kappa shape index (κ2) is 11.9. The number of carbonyl (C=O) groups is 2. The molecule has 3 rings (SSSR count). The predicted molar refractivity (Wildman–Crippen MR) is 114 cm³/mol. The van der Waals surface area contributed by atoms with Gasteiger partial charge in [0.2, 0.25) is 0 Å². The average Bonchev–Trinajstić information content (AvgIpc) is 2.76. The topological polar surface area (TPSA) is 99.5 Å². The highest BCUT2D eigenvalue weighted by Gasteiger charge is 2.19. The van der Waals surface area contributed by atoms with Crippen LogP contribution in [-0.4, -0.2) is 73.5 Å². The number of hydrogen-bond donors (Lipinski definition) is 2. The maximum Gasteiger partial charge on any atom is 0.414 e. The standard InChI is InChI=1S/C19H23ClN2O2.C2H2O4/c1-23-19-5-3-2-4-18(19)22-12-10-21(11-13-22)14-15-24-17-8-6-16(20)7-9-17;3-1(4)2(5)6/h2-9H,10-15H2,1H3;(H,3,4)(H,5,6). The Kier molecular flexibility index (Phi) is 9.24. The molecule has 0 amide bonds. The fourth-order valence-corrected chi connectivity index (χ4v) is 3.05. The van der Waals surface area contributed by atoms with Gasteiger partial charge in [0.1, 0.15) is 18.1 Å². The van der Waals surface area contributed by atoms with Crippen molar-refractivity contribution in [2.24, 2.45) is 0 Å². The van der Waals surface area contributed by atoms with Crippen LogP contribution < -0.4 is 14.4 Å². The Labute approximate surface area is 180 Å². The number of para-hydroxylation sites is 2. The van der Waals surface area contributed by atoms with Gasteiger partial charge in [-0.2, -0.15) is 0 Å². The lowest BCUT2D eigenvalue weighted by Gasteiger charge is -2.36. The summed E-state index contributed by atoms with van der Waals surface area (Å²) < 4.78 is 11.2. The molecule has 1 aliphatic rings. The molecular formula is C21H25ClN2O6. The molecule has 9 heteroatoms. The Hall–Kier alpha value is -2.97. The van der Waals surface area contributed by atoms with Crippen LogP contribution in [0, 0.1) is 0 Å². The summed E-state index contributed by atoms with van der Waals surface area (Å²) in [6.07, 6.45) is 0. The van der Waals surface area contributed by atoms with Crippen molar-refractivity contribution in [2.45, 2.75) is 0 Å². The smallest absolute Gasteiger partial charge is 0.414 e. The number of nitrogens with zero attached hydrogens (tertiary/aromatic N) is 2. The molecule has 0 saturated carbocycles. The van der Waals surface area contributed by atoms with Crippen LogP contribution in [0.2, 0.25) is 5.02 Å². The predicted octanol–water partition coefficient (Wildman–Crippen LogP) is 2.71. The molecule has 1 fully saturated rings. The third-order valence-electron chi connectivity index (χ3n) is 4.47. The zero-order valence-corrected chi connectivity index (χ0v) is 17.4. The van der Waals surface area contributed by atoms with E-state index in [2.05, 4.69) is 21.9 Å². The first-order chi connectivity index (χ1) is 14.4. The van der Waals surface area contributed by atoms with Crippen LogP contribution >= 0.6 is 11.6 Å². The molecule has 0 aliphatic carbocycles. The first kappa shape index (κ1) is 23.3. The van der Waals surface area contributed by atoms with Crippen molar-refractivity contribution < 1.29 is 29.3 Å². The summed E-state index contributed by atoms with van der Waals surface area (Å²) in [5.74, 6) is -1.84. The molecule has 0 atom stereocenters. The lowest BCUT2D eigenvalue weighted by Crippen LogP contribution is -2.47. The molecule has 30 heavy (non-hydrogen) atoms. The Morgan fingerprint density at radius 3 is 2.13 bits per heavy atom. The quantitative estimate of drug-likeness (QED) is 0.667. The van der Waals surface area contributed by atoms with Crippen LogP contribution in [0.3, 0.4) is 0 Å². The fraction of sp³-hybridized carbons (Fsp3) is 0.333. The van der Waals surface area contributed by atoms with Crippen molar-refractivity contribution in [3.63, 3.8) is 0 Å². The molecule has 1 saturated heterocycles. The van der Waals surface area contributed by atoms with E-state index >= 15 is 0 Å². The summed E-state index contributed by atoms with van der Waals surface area (Å²) in [6.45, 7) is 5.69. The molecule has 0 spiro atoms. The van der Waals surface area contributed by atoms with Crippen LogP contribution in [-0.2, 0) is 9.59 Å². The van der Waals surface area contributed by atoms with Crippen molar-refractivity contribution in [2.75, 3.05) is 51.3 Å². The average molecular weight is 437 g/mol. The van der Waals surface area contributed by atoms with E-state index in [-0.39, 0.29) is 0 Å². The molecule has 1 heterocycles. The number of methoxy groups -OCH3 is 1. The molecular weight excluding hydrogens is 412 g/mol. The zero-order chi connectivity index (χ0) is 21.9. The van der Waals surface area contributed by atoms with Gasteiger partial charge in [-0.3, -0.25) is 4.90 Å². The molecule has 2 N–H and O–H groups in total. The van der Waals surface area contributed by atoms with Crippen molar-refractivity contribution in [3.05, 3.63) is 53.6 Å². The van der Waals surface area contributed by atoms with Gasteiger partial charge < -0.3 is 24.6 Å². The molecule has 1 aliphatic heterocycles. The number of hydrogen-bond acceptors (Lipinski definition) is 6. The number of piperazine rings is 1. The maximum atomic E-state index is 9.10. The summed E-state index contributed by atoms with van der Waals surface area (Å²) >= 11 is 5.88. The molecule has 0 bridgehead atoms. The van der Waals surface area contributed by atoms with Gasteiger partial charge in [-0.05, 0) is 36.4 Å². The zero-order valence-electron chi connectivity index (χ0n) is 16.7. The number of benzene rings is 2. The third kappa shape index (κ3) is 7.46. The minimum absolute atomic E-state index is 0.691. The van der Waals surface area contributed by atoms with Gasteiger partial charge in [0.05, 0.1) is 12.8 Å². The molecule has 0 radical (unpaired) electrons. The van der Waals surface area contributed by atoms with Gasteiger partial charge in [0.25, 0.3) is 0 Å². The van der Waals surface area contributed by atoms with E-state index in [1.807, 2.05) is 36.4 Å². The lowest BCUT2D eigenvalue weighted by molar-refractivity contribution is -0.159. The van der Waals surface area contributed by atoms with Gasteiger partial charge in [0, 0.05) is 37.7 Å². The SMILES string of the molecule is COc1ccccc1N1CCN(CCOc2ccc(Cl)cc2)CC1.O=C(O)C(=O)O. The number of aliphatic carboxylic acids is 2. The van der Waals surface area contributed by atoms with E-state index in [1.165, 1.54) is 5.69 Å². The highest BCUT2D eigenvalue weighted by atomic mass is 35.5. The highest BCUT2D eigenvalue weighted by molar-refractivity contribution is 6.30. The van der Waals surface area contributed by atoms with E-state index in [4.69, 9.17) is 40.9 Å². The summed E-state index contributed by atoms with van der Waals surface area (Å²) in [7, 11) is 1.73. The normalized spacial score (nSPS) is 13.7. The summed E-state index contributed by atoms with van der Waals surface area (Å²) in [4.78, 5) is 23.0. The van der Waals surface area contributed by atoms with Crippen molar-refractivity contribution in [3.8, 4) is 11.5 Å². The van der Waals surface area contributed by atoms with Gasteiger partial charge in [0.15, 0.2) is 0 Å². The second-order valence-corrected chi connectivity index (χ2v) is 6.85. The minimum Gasteiger partial charge on any atom is -0.495 e. The van der Waals surface area contributed by atoms with Gasteiger partial charge >= 0.3 is 11.9 Å². The van der Waals surface area contributed by atoms with E-state index in [9.17, 15) is 0 Å². The molecule has 162 valence electrons. The van der Waals surface area contributed by atoms with Crippen molar-refractivity contribution in [1.82, 2.24) is 4.90 Å². The van der Waals surface area contributed by atoms with Crippen molar-refractivity contribution in [1.29, 1.82) is 0 Å². The van der Waals surface area contributed by atoms with E-state index in [0.29, 0.717) is 6.61 Å². The van der Waals surface area contributed by atoms with Crippen LogP contribution in [0.25, 0.3) is 0 Å². The number of anilines is 1.